The molecule has 7 nitrogen and oxygen atoms in total. The maximum absolute atomic E-state index is 12.0. The van der Waals surface area contributed by atoms with Gasteiger partial charge in [0.05, 0.1) is 0 Å². The Morgan fingerprint density at radius 3 is 2.29 bits per heavy atom. The van der Waals surface area contributed by atoms with Crippen LogP contribution in [0.1, 0.15) is 28.8 Å². The zero-order valence-corrected chi connectivity index (χ0v) is 11.5. The molecule has 6 N–H and O–H groups in total. The van der Waals surface area contributed by atoms with Gasteiger partial charge in [0.2, 0.25) is 5.91 Å². The van der Waals surface area contributed by atoms with Crippen LogP contribution in [0.4, 0.5) is 0 Å². The molecule has 0 heterocycles. The zero-order chi connectivity index (χ0) is 15.8. The van der Waals surface area contributed by atoms with E-state index in [1.807, 2.05) is 0 Å². The summed E-state index contributed by atoms with van der Waals surface area (Å²) in [4.78, 5) is 33.7. The number of carboxylic acid groups (broad SMARTS) is 1. The third-order valence-electron chi connectivity index (χ3n) is 2.93. The molecule has 0 aliphatic rings. The van der Waals surface area contributed by atoms with E-state index in [0.717, 1.165) is 5.56 Å². The second kappa shape index (κ2) is 8.01. The summed E-state index contributed by atoms with van der Waals surface area (Å²) in [6, 6.07) is 5.59. The molecule has 1 aromatic rings. The van der Waals surface area contributed by atoms with E-state index in [1.165, 1.54) is 0 Å². The van der Waals surface area contributed by atoms with Crippen molar-refractivity contribution in [3.63, 3.8) is 0 Å². The van der Waals surface area contributed by atoms with Crippen LogP contribution >= 0.6 is 0 Å². The molecule has 1 aromatic carbocycles. The van der Waals surface area contributed by atoms with Crippen molar-refractivity contribution in [2.75, 3.05) is 6.54 Å². The van der Waals surface area contributed by atoms with Crippen molar-refractivity contribution in [1.29, 1.82) is 0 Å². The summed E-state index contributed by atoms with van der Waals surface area (Å²) in [6.07, 6.45) is 0.562. The number of carbonyl (C=O) groups is 3. The number of hydrogen-bond acceptors (Lipinski definition) is 4. The minimum Gasteiger partial charge on any atom is -0.480 e. The highest BCUT2D eigenvalue weighted by atomic mass is 16.4. The molecule has 0 spiro atoms. The first-order chi connectivity index (χ1) is 9.93. The summed E-state index contributed by atoms with van der Waals surface area (Å²) in [6.45, 7) is 0.514. The van der Waals surface area contributed by atoms with Crippen molar-refractivity contribution in [3.8, 4) is 0 Å². The number of carbonyl (C=O) groups excluding carboxylic acids is 2. The van der Waals surface area contributed by atoms with Gasteiger partial charge in [0.1, 0.15) is 6.04 Å². The fourth-order valence-electron chi connectivity index (χ4n) is 1.78. The summed E-state index contributed by atoms with van der Waals surface area (Å²) >= 11 is 0. The van der Waals surface area contributed by atoms with Gasteiger partial charge >= 0.3 is 5.97 Å². The second-order valence-corrected chi connectivity index (χ2v) is 4.60. The molecule has 1 atom stereocenters. The number of benzene rings is 1. The molecule has 1 rings (SSSR count). The van der Waals surface area contributed by atoms with Gasteiger partial charge in [0.15, 0.2) is 0 Å². The normalized spacial score (nSPS) is 11.7. The lowest BCUT2D eigenvalue weighted by atomic mass is 10.1. The van der Waals surface area contributed by atoms with Gasteiger partial charge in [0.25, 0.3) is 5.91 Å². The predicted molar refractivity (Wildman–Crippen MR) is 76.5 cm³/mol. The summed E-state index contributed by atoms with van der Waals surface area (Å²) < 4.78 is 0. The molecular formula is C14H19N3O4. The van der Waals surface area contributed by atoms with E-state index in [1.54, 1.807) is 24.3 Å². The predicted octanol–water partition coefficient (Wildman–Crippen LogP) is -0.364. The fourth-order valence-corrected chi connectivity index (χ4v) is 1.78. The van der Waals surface area contributed by atoms with Gasteiger partial charge in [-0.05, 0) is 37.1 Å². The SMILES string of the molecule is NCCc1ccc(C(=O)NC(CCC(N)=O)C(=O)O)cc1. The molecule has 0 aliphatic carbocycles. The Morgan fingerprint density at radius 2 is 1.81 bits per heavy atom. The maximum atomic E-state index is 12.0. The number of primary amides is 1. The average Bonchev–Trinajstić information content (AvgIpc) is 2.43. The number of carboxylic acids is 1. The first-order valence-electron chi connectivity index (χ1n) is 6.55. The molecule has 0 radical (unpaired) electrons. The Kier molecular flexibility index (Phi) is 6.35. The van der Waals surface area contributed by atoms with Crippen LogP contribution in [0.25, 0.3) is 0 Å². The average molecular weight is 293 g/mol. The van der Waals surface area contributed by atoms with Crippen molar-refractivity contribution >= 4 is 17.8 Å². The maximum Gasteiger partial charge on any atom is 0.326 e. The highest BCUT2D eigenvalue weighted by Gasteiger charge is 2.21. The van der Waals surface area contributed by atoms with E-state index in [-0.39, 0.29) is 12.8 Å². The molecule has 0 saturated carbocycles. The van der Waals surface area contributed by atoms with Gasteiger partial charge in [-0.15, -0.1) is 0 Å². The Balaban J connectivity index is 2.67. The van der Waals surface area contributed by atoms with Crippen molar-refractivity contribution in [2.45, 2.75) is 25.3 Å². The van der Waals surface area contributed by atoms with Crippen molar-refractivity contribution < 1.29 is 19.5 Å². The van der Waals surface area contributed by atoms with Crippen LogP contribution in [0.2, 0.25) is 0 Å². The van der Waals surface area contributed by atoms with Crippen LogP contribution in [-0.4, -0.2) is 35.5 Å². The number of aliphatic carboxylic acids is 1. The molecule has 114 valence electrons. The minimum absolute atomic E-state index is 0.0400. The Hall–Kier alpha value is -2.41. The lowest BCUT2D eigenvalue weighted by Gasteiger charge is -2.13. The largest absolute Gasteiger partial charge is 0.480 e. The Labute approximate surface area is 122 Å². The van der Waals surface area contributed by atoms with E-state index >= 15 is 0 Å². The zero-order valence-electron chi connectivity index (χ0n) is 11.5. The smallest absolute Gasteiger partial charge is 0.326 e. The van der Waals surface area contributed by atoms with Gasteiger partial charge in [0, 0.05) is 12.0 Å². The van der Waals surface area contributed by atoms with Gasteiger partial charge in [-0.3, -0.25) is 9.59 Å². The number of nitrogens with one attached hydrogen (secondary N) is 1. The van der Waals surface area contributed by atoms with Crippen LogP contribution in [0.5, 0.6) is 0 Å². The first-order valence-corrected chi connectivity index (χ1v) is 6.55. The second-order valence-electron chi connectivity index (χ2n) is 4.60. The van der Waals surface area contributed by atoms with Crippen LogP contribution in [0.3, 0.4) is 0 Å². The van der Waals surface area contributed by atoms with E-state index in [0.29, 0.717) is 18.5 Å². The monoisotopic (exact) mass is 293 g/mol. The standard InChI is InChI=1S/C14H19N3O4/c15-8-7-9-1-3-10(4-2-9)13(19)17-11(14(20)21)5-6-12(16)18/h1-4,11H,5-8,15H2,(H2,16,18)(H,17,19)(H,20,21). The third-order valence-corrected chi connectivity index (χ3v) is 2.93. The quantitative estimate of drug-likeness (QED) is 0.519. The minimum atomic E-state index is -1.20. The number of amides is 2. The fraction of sp³-hybridized carbons (Fsp3) is 0.357. The topological polar surface area (TPSA) is 136 Å². The lowest BCUT2D eigenvalue weighted by Crippen LogP contribution is -2.41. The highest BCUT2D eigenvalue weighted by molar-refractivity contribution is 5.96. The molecular weight excluding hydrogens is 274 g/mol. The summed E-state index contributed by atoms with van der Waals surface area (Å²) in [7, 11) is 0. The van der Waals surface area contributed by atoms with Gasteiger partial charge in [-0.2, -0.15) is 0 Å². The molecule has 0 bridgehead atoms. The molecule has 0 fully saturated rings. The summed E-state index contributed by atoms with van der Waals surface area (Å²) in [5.41, 5.74) is 11.8. The molecule has 0 aromatic heterocycles. The molecule has 7 heteroatoms. The van der Waals surface area contributed by atoms with Crippen LogP contribution in [0.15, 0.2) is 24.3 Å². The Morgan fingerprint density at radius 1 is 1.19 bits per heavy atom. The molecule has 0 saturated heterocycles. The van der Waals surface area contributed by atoms with E-state index in [4.69, 9.17) is 16.6 Å². The molecule has 21 heavy (non-hydrogen) atoms. The van der Waals surface area contributed by atoms with E-state index in [2.05, 4.69) is 5.32 Å². The van der Waals surface area contributed by atoms with Gasteiger partial charge in [-0.1, -0.05) is 12.1 Å². The summed E-state index contributed by atoms with van der Waals surface area (Å²) in [5, 5.41) is 11.4. The Bertz CT molecular complexity index is 513. The molecule has 2 amide bonds. The highest BCUT2D eigenvalue weighted by Crippen LogP contribution is 2.06. The van der Waals surface area contributed by atoms with Gasteiger partial charge in [-0.25, -0.2) is 4.79 Å². The van der Waals surface area contributed by atoms with Crippen molar-refractivity contribution in [1.82, 2.24) is 5.32 Å². The van der Waals surface area contributed by atoms with E-state index in [9.17, 15) is 14.4 Å². The number of hydrogen-bond donors (Lipinski definition) is 4. The first kappa shape index (κ1) is 16.6. The molecule has 1 unspecified atom stereocenters. The lowest BCUT2D eigenvalue weighted by molar-refractivity contribution is -0.139. The van der Waals surface area contributed by atoms with Crippen LogP contribution < -0.4 is 16.8 Å². The van der Waals surface area contributed by atoms with Crippen LogP contribution in [-0.2, 0) is 16.0 Å². The van der Waals surface area contributed by atoms with Crippen molar-refractivity contribution in [2.24, 2.45) is 11.5 Å². The summed E-state index contributed by atoms with van der Waals surface area (Å²) in [5.74, 6) is -2.32. The van der Waals surface area contributed by atoms with E-state index < -0.39 is 23.8 Å². The third kappa shape index (κ3) is 5.62. The van der Waals surface area contributed by atoms with Crippen LogP contribution in [0, 0.1) is 0 Å². The number of nitrogens with two attached hydrogens (primary N) is 2. The van der Waals surface area contributed by atoms with Gasteiger partial charge < -0.3 is 21.9 Å². The van der Waals surface area contributed by atoms with Crippen molar-refractivity contribution in [3.05, 3.63) is 35.4 Å². The molecule has 0 aliphatic heterocycles. The number of rotatable bonds is 8.